The van der Waals surface area contributed by atoms with Gasteiger partial charge in [0.2, 0.25) is 0 Å². The summed E-state index contributed by atoms with van der Waals surface area (Å²) in [5.74, 6) is 0.459. The van der Waals surface area contributed by atoms with E-state index in [1.165, 1.54) is 11.3 Å². The first-order valence-electron chi connectivity index (χ1n) is 9.91. The molecular formula is C21H24N2O5S2. The van der Waals surface area contributed by atoms with Crippen molar-refractivity contribution < 1.29 is 22.4 Å². The maximum atomic E-state index is 13.0. The monoisotopic (exact) mass is 448 g/mol. The second-order valence-electron chi connectivity index (χ2n) is 7.23. The SMILES string of the molecule is COc1cccc2cc(C(=O)NCC[C@H]3CCCCN3S(=O)(=O)c3cccs3)oc12. The average molecular weight is 449 g/mol. The molecule has 0 aliphatic carbocycles. The predicted octanol–water partition coefficient (Wildman–Crippen LogP) is 3.87. The van der Waals surface area contributed by atoms with Crippen molar-refractivity contribution in [2.75, 3.05) is 20.2 Å². The molecule has 7 nitrogen and oxygen atoms in total. The molecule has 1 aromatic carbocycles. The second-order valence-corrected chi connectivity index (χ2v) is 10.3. The van der Waals surface area contributed by atoms with E-state index in [0.29, 0.717) is 35.1 Å². The molecule has 0 radical (unpaired) electrons. The van der Waals surface area contributed by atoms with Gasteiger partial charge in [-0.05, 0) is 42.8 Å². The molecule has 1 fully saturated rings. The fourth-order valence-corrected chi connectivity index (χ4v) is 6.70. The van der Waals surface area contributed by atoms with Crippen LogP contribution in [0.4, 0.5) is 0 Å². The molecule has 1 atom stereocenters. The molecule has 0 bridgehead atoms. The van der Waals surface area contributed by atoms with Crippen molar-refractivity contribution in [3.8, 4) is 5.75 Å². The molecule has 1 aliphatic heterocycles. The van der Waals surface area contributed by atoms with E-state index in [4.69, 9.17) is 9.15 Å². The van der Waals surface area contributed by atoms with Gasteiger partial charge in [0.1, 0.15) is 4.21 Å². The number of hydrogen-bond acceptors (Lipinski definition) is 6. The largest absolute Gasteiger partial charge is 0.493 e. The number of rotatable bonds is 7. The number of amides is 1. The molecular weight excluding hydrogens is 424 g/mol. The van der Waals surface area contributed by atoms with Gasteiger partial charge in [-0.3, -0.25) is 4.79 Å². The molecule has 3 aromatic rings. The number of sulfonamides is 1. The van der Waals surface area contributed by atoms with E-state index in [9.17, 15) is 13.2 Å². The quantitative estimate of drug-likeness (QED) is 0.593. The predicted molar refractivity (Wildman–Crippen MR) is 116 cm³/mol. The number of nitrogens with zero attached hydrogens (tertiary/aromatic N) is 1. The fourth-order valence-electron chi connectivity index (χ4n) is 3.85. The maximum Gasteiger partial charge on any atom is 0.287 e. The minimum absolute atomic E-state index is 0.123. The Morgan fingerprint density at radius 3 is 2.93 bits per heavy atom. The van der Waals surface area contributed by atoms with Crippen molar-refractivity contribution in [3.05, 3.63) is 47.5 Å². The van der Waals surface area contributed by atoms with Crippen LogP contribution in [0.1, 0.15) is 36.2 Å². The van der Waals surface area contributed by atoms with Crippen LogP contribution in [0, 0.1) is 0 Å². The number of carbonyl (C=O) groups excluding carboxylic acids is 1. The van der Waals surface area contributed by atoms with E-state index >= 15 is 0 Å². The number of hydrogen-bond donors (Lipinski definition) is 1. The molecule has 30 heavy (non-hydrogen) atoms. The van der Waals surface area contributed by atoms with Crippen LogP contribution in [0.25, 0.3) is 11.0 Å². The van der Waals surface area contributed by atoms with Crippen molar-refractivity contribution in [2.45, 2.75) is 35.9 Å². The Morgan fingerprint density at radius 1 is 1.30 bits per heavy atom. The minimum atomic E-state index is -3.49. The number of para-hydroxylation sites is 1. The Morgan fingerprint density at radius 2 is 2.17 bits per heavy atom. The van der Waals surface area contributed by atoms with Gasteiger partial charge in [-0.1, -0.05) is 24.6 Å². The number of carbonyl (C=O) groups is 1. The normalized spacial score (nSPS) is 17.8. The number of nitrogens with one attached hydrogen (secondary N) is 1. The zero-order valence-electron chi connectivity index (χ0n) is 16.7. The highest BCUT2D eigenvalue weighted by atomic mass is 32.2. The van der Waals surface area contributed by atoms with Crippen molar-refractivity contribution >= 4 is 38.2 Å². The minimum Gasteiger partial charge on any atom is -0.493 e. The van der Waals surface area contributed by atoms with Crippen molar-refractivity contribution in [3.63, 3.8) is 0 Å². The summed E-state index contributed by atoms with van der Waals surface area (Å²) < 4.78 is 38.8. The average Bonchev–Trinajstić information content (AvgIpc) is 3.44. The van der Waals surface area contributed by atoms with Crippen LogP contribution in [0.3, 0.4) is 0 Å². The molecule has 0 spiro atoms. The summed E-state index contributed by atoms with van der Waals surface area (Å²) in [4.78, 5) is 12.5. The third-order valence-corrected chi connectivity index (χ3v) is 8.67. The number of methoxy groups -OCH3 is 1. The van der Waals surface area contributed by atoms with E-state index < -0.39 is 10.0 Å². The van der Waals surface area contributed by atoms with E-state index in [-0.39, 0.29) is 17.7 Å². The number of benzene rings is 1. The smallest absolute Gasteiger partial charge is 0.287 e. The van der Waals surface area contributed by atoms with Crippen LogP contribution in [0.5, 0.6) is 5.75 Å². The van der Waals surface area contributed by atoms with Crippen LogP contribution in [-0.4, -0.2) is 44.9 Å². The molecule has 0 saturated carbocycles. The van der Waals surface area contributed by atoms with Gasteiger partial charge in [0, 0.05) is 24.5 Å². The van der Waals surface area contributed by atoms with Gasteiger partial charge in [-0.25, -0.2) is 8.42 Å². The van der Waals surface area contributed by atoms with Gasteiger partial charge in [0.05, 0.1) is 7.11 Å². The summed E-state index contributed by atoms with van der Waals surface area (Å²) in [5, 5.41) is 5.42. The lowest BCUT2D eigenvalue weighted by Crippen LogP contribution is -2.44. The van der Waals surface area contributed by atoms with Crippen LogP contribution in [0.15, 0.2) is 50.4 Å². The van der Waals surface area contributed by atoms with E-state index in [0.717, 1.165) is 24.6 Å². The summed E-state index contributed by atoms with van der Waals surface area (Å²) in [7, 11) is -1.94. The Bertz CT molecular complexity index is 1120. The molecule has 9 heteroatoms. The standard InChI is InChI=1S/C21H24N2O5S2/c1-27-17-8-4-6-15-14-18(28-20(15)17)21(24)22-11-10-16-7-2-3-12-23(16)30(25,26)19-9-5-13-29-19/h4-6,8-9,13-14,16H,2-3,7,10-12H2,1H3,(H,22,24)/t16-/m1/s1. The molecule has 4 rings (SSSR count). The number of thiophene rings is 1. The lowest BCUT2D eigenvalue weighted by Gasteiger charge is -2.34. The van der Waals surface area contributed by atoms with E-state index in [2.05, 4.69) is 5.32 Å². The van der Waals surface area contributed by atoms with Crippen molar-refractivity contribution in [1.29, 1.82) is 0 Å². The lowest BCUT2D eigenvalue weighted by molar-refractivity contribution is 0.0924. The first-order valence-corrected chi connectivity index (χ1v) is 12.2. The van der Waals surface area contributed by atoms with Gasteiger partial charge in [-0.15, -0.1) is 11.3 Å². The van der Waals surface area contributed by atoms with Crippen LogP contribution >= 0.6 is 11.3 Å². The topological polar surface area (TPSA) is 88.9 Å². The Kier molecular flexibility index (Phi) is 6.12. The zero-order valence-corrected chi connectivity index (χ0v) is 18.3. The second kappa shape index (κ2) is 8.79. The van der Waals surface area contributed by atoms with Gasteiger partial charge in [-0.2, -0.15) is 4.31 Å². The molecule has 2 aromatic heterocycles. The summed E-state index contributed by atoms with van der Waals surface area (Å²) >= 11 is 1.23. The number of fused-ring (bicyclic) bond motifs is 1. The Hall–Kier alpha value is -2.36. The van der Waals surface area contributed by atoms with Gasteiger partial charge >= 0.3 is 0 Å². The highest BCUT2D eigenvalue weighted by Crippen LogP contribution is 2.30. The third kappa shape index (κ3) is 4.10. The van der Waals surface area contributed by atoms with Gasteiger partial charge in [0.15, 0.2) is 17.1 Å². The number of piperidine rings is 1. The molecule has 0 unspecified atom stereocenters. The molecule has 160 valence electrons. The maximum absolute atomic E-state index is 13.0. The van der Waals surface area contributed by atoms with Crippen molar-refractivity contribution in [1.82, 2.24) is 9.62 Å². The van der Waals surface area contributed by atoms with E-state index in [1.54, 1.807) is 41.1 Å². The highest BCUT2D eigenvalue weighted by Gasteiger charge is 2.33. The van der Waals surface area contributed by atoms with E-state index in [1.807, 2.05) is 12.1 Å². The van der Waals surface area contributed by atoms with Gasteiger partial charge in [0.25, 0.3) is 15.9 Å². The summed E-state index contributed by atoms with van der Waals surface area (Å²) in [6, 6.07) is 10.4. The molecule has 3 heterocycles. The molecule has 1 amide bonds. The molecule has 1 N–H and O–H groups in total. The first kappa shape index (κ1) is 20.9. The zero-order chi connectivity index (χ0) is 21.1. The Balaban J connectivity index is 1.41. The van der Waals surface area contributed by atoms with Crippen LogP contribution < -0.4 is 10.1 Å². The fraction of sp³-hybridized carbons (Fsp3) is 0.381. The van der Waals surface area contributed by atoms with Crippen molar-refractivity contribution in [2.24, 2.45) is 0 Å². The lowest BCUT2D eigenvalue weighted by atomic mass is 10.0. The highest BCUT2D eigenvalue weighted by molar-refractivity contribution is 7.91. The van der Waals surface area contributed by atoms with Crippen LogP contribution in [0.2, 0.25) is 0 Å². The summed E-state index contributed by atoms with van der Waals surface area (Å²) in [5.41, 5.74) is 0.533. The van der Waals surface area contributed by atoms with Crippen LogP contribution in [-0.2, 0) is 10.0 Å². The number of ether oxygens (including phenoxy) is 1. The first-order chi connectivity index (χ1) is 14.5. The summed E-state index contributed by atoms with van der Waals surface area (Å²) in [6.45, 7) is 0.885. The third-order valence-electron chi connectivity index (χ3n) is 5.35. The summed E-state index contributed by atoms with van der Waals surface area (Å²) in [6.07, 6.45) is 3.19. The molecule has 1 saturated heterocycles. The Labute approximate surface area is 179 Å². The van der Waals surface area contributed by atoms with Gasteiger partial charge < -0.3 is 14.5 Å². The number of furan rings is 1. The molecule has 1 aliphatic rings.